The van der Waals surface area contributed by atoms with E-state index in [-0.39, 0.29) is 36.1 Å². The maximum Gasteiger partial charge on any atom is 0.246 e. The van der Waals surface area contributed by atoms with E-state index >= 15 is 0 Å². The average molecular weight is 483 g/mol. The predicted molar refractivity (Wildman–Crippen MR) is 136 cm³/mol. The lowest BCUT2D eigenvalue weighted by atomic mass is 9.93. The van der Waals surface area contributed by atoms with Gasteiger partial charge in [-0.25, -0.2) is 0 Å². The Labute approximate surface area is 203 Å². The molecule has 1 fully saturated rings. The van der Waals surface area contributed by atoms with Gasteiger partial charge in [0, 0.05) is 35.2 Å². The van der Waals surface area contributed by atoms with E-state index in [1.165, 1.54) is 20.5 Å². The van der Waals surface area contributed by atoms with Crippen molar-refractivity contribution < 1.29 is 9.59 Å². The maximum atomic E-state index is 12.8. The molecule has 8 heteroatoms. The first kappa shape index (κ1) is 23.4. The Morgan fingerprint density at radius 2 is 2.15 bits per heavy atom. The van der Waals surface area contributed by atoms with Crippen molar-refractivity contribution >= 4 is 51.7 Å². The lowest BCUT2D eigenvalue weighted by molar-refractivity contribution is -0.125. The van der Waals surface area contributed by atoms with Gasteiger partial charge in [0.05, 0.1) is 12.8 Å². The highest BCUT2D eigenvalue weighted by Crippen LogP contribution is 2.35. The number of fused-ring (bicyclic) bond motifs is 3. The van der Waals surface area contributed by atoms with E-state index in [2.05, 4.69) is 34.9 Å². The summed E-state index contributed by atoms with van der Waals surface area (Å²) in [6.45, 7) is 4.28. The molecule has 2 aliphatic heterocycles. The van der Waals surface area contributed by atoms with Crippen molar-refractivity contribution in [1.82, 2.24) is 15.6 Å². The fraction of sp³-hybridized carbons (Fsp3) is 0.320. The number of carbonyl (C=O) groups is 2. The van der Waals surface area contributed by atoms with Crippen molar-refractivity contribution in [2.75, 3.05) is 20.1 Å². The zero-order chi connectivity index (χ0) is 22.2. The molecule has 172 valence electrons. The summed E-state index contributed by atoms with van der Waals surface area (Å²) >= 11 is 1.74. The second-order valence-electron chi connectivity index (χ2n) is 8.54. The van der Waals surface area contributed by atoms with E-state index in [1.807, 2.05) is 25.3 Å². The number of likely N-dealkylation sites (N-methyl/N-ethyl adjacent to an activating group) is 1. The van der Waals surface area contributed by atoms with Crippen LogP contribution in [0.25, 0.3) is 10.1 Å². The summed E-state index contributed by atoms with van der Waals surface area (Å²) in [7, 11) is 1.82. The number of hydrazone groups is 1. The van der Waals surface area contributed by atoms with Crippen LogP contribution < -0.4 is 10.7 Å². The van der Waals surface area contributed by atoms with Crippen LogP contribution in [0.1, 0.15) is 16.9 Å². The highest BCUT2D eigenvalue weighted by molar-refractivity contribution is 7.19. The number of ketones is 1. The summed E-state index contributed by atoms with van der Waals surface area (Å²) in [6.07, 6.45) is 7.86. The summed E-state index contributed by atoms with van der Waals surface area (Å²) in [5.41, 5.74) is 7.18. The lowest BCUT2D eigenvalue weighted by Crippen LogP contribution is -2.36. The zero-order valence-electron chi connectivity index (χ0n) is 18.6. The van der Waals surface area contributed by atoms with Crippen molar-refractivity contribution in [2.24, 2.45) is 11.0 Å². The number of nitrogens with zero attached hydrogens (tertiary/aromatic N) is 2. The molecule has 1 aromatic carbocycles. The monoisotopic (exact) mass is 482 g/mol. The SMILES string of the molecule is Cc1c(CN(C)C(=O)/C=C/C2=CC3=C4CNCCC4C(=O)[C@@H]3NN=C2)sc2ccccc12.Cl. The molecule has 3 aliphatic rings. The van der Waals surface area contributed by atoms with Gasteiger partial charge in [0.2, 0.25) is 5.91 Å². The van der Waals surface area contributed by atoms with Gasteiger partial charge in [0.25, 0.3) is 0 Å². The Bertz CT molecular complexity index is 1230. The smallest absolute Gasteiger partial charge is 0.246 e. The van der Waals surface area contributed by atoms with Gasteiger partial charge in [-0.05, 0) is 65.8 Å². The number of carbonyl (C=O) groups excluding carboxylic acids is 2. The summed E-state index contributed by atoms with van der Waals surface area (Å²) in [4.78, 5) is 28.5. The Hall–Kier alpha value is -2.74. The number of aryl methyl sites for hydroxylation is 1. The molecule has 1 aliphatic carbocycles. The van der Waals surface area contributed by atoms with Crippen LogP contribution in [-0.2, 0) is 16.1 Å². The van der Waals surface area contributed by atoms with Crippen LogP contribution in [0.4, 0.5) is 0 Å². The number of rotatable bonds is 4. The molecule has 0 saturated carbocycles. The number of hydrogen-bond acceptors (Lipinski definition) is 6. The predicted octanol–water partition coefficient (Wildman–Crippen LogP) is 3.52. The molecule has 0 radical (unpaired) electrons. The Morgan fingerprint density at radius 1 is 1.33 bits per heavy atom. The van der Waals surface area contributed by atoms with E-state index in [1.54, 1.807) is 34.6 Å². The molecule has 1 unspecified atom stereocenters. The van der Waals surface area contributed by atoms with Crippen LogP contribution in [0, 0.1) is 12.8 Å². The van der Waals surface area contributed by atoms with Crippen LogP contribution in [0.3, 0.4) is 0 Å². The van der Waals surface area contributed by atoms with Gasteiger partial charge in [-0.1, -0.05) is 18.2 Å². The van der Waals surface area contributed by atoms with Crippen LogP contribution >= 0.6 is 23.7 Å². The minimum absolute atomic E-state index is 0. The number of amides is 1. The van der Waals surface area contributed by atoms with Crippen LogP contribution in [0.2, 0.25) is 0 Å². The van der Waals surface area contributed by atoms with Gasteiger partial charge in [-0.2, -0.15) is 5.10 Å². The van der Waals surface area contributed by atoms with Crippen molar-refractivity contribution in [3.63, 3.8) is 0 Å². The number of piperidine rings is 1. The summed E-state index contributed by atoms with van der Waals surface area (Å²) in [5, 5.41) is 8.85. The van der Waals surface area contributed by atoms with Crippen LogP contribution in [-0.4, -0.2) is 49.0 Å². The third kappa shape index (κ3) is 4.40. The van der Waals surface area contributed by atoms with Gasteiger partial charge < -0.3 is 10.2 Å². The van der Waals surface area contributed by atoms with Gasteiger partial charge in [0.1, 0.15) is 6.04 Å². The van der Waals surface area contributed by atoms with Crippen molar-refractivity contribution in [3.05, 3.63) is 69.7 Å². The minimum Gasteiger partial charge on any atom is -0.337 e. The number of nitrogens with one attached hydrogen (secondary N) is 2. The Balaban J connectivity index is 0.00000259. The van der Waals surface area contributed by atoms with Gasteiger partial charge in [-0.15, -0.1) is 23.7 Å². The number of thiophene rings is 1. The molecule has 2 atom stereocenters. The second kappa shape index (κ2) is 9.63. The second-order valence-corrected chi connectivity index (χ2v) is 9.68. The molecule has 5 rings (SSSR count). The van der Waals surface area contributed by atoms with Crippen molar-refractivity contribution in [2.45, 2.75) is 25.9 Å². The molecule has 1 amide bonds. The maximum absolute atomic E-state index is 12.8. The lowest BCUT2D eigenvalue weighted by Gasteiger charge is -2.20. The number of halogens is 1. The van der Waals surface area contributed by atoms with Crippen molar-refractivity contribution in [1.29, 1.82) is 0 Å². The molecule has 6 nitrogen and oxygen atoms in total. The molecule has 1 aromatic heterocycles. The fourth-order valence-corrected chi connectivity index (χ4v) is 5.96. The molecule has 0 bridgehead atoms. The first-order valence-corrected chi connectivity index (χ1v) is 11.7. The molecule has 33 heavy (non-hydrogen) atoms. The molecule has 2 aromatic rings. The molecule has 1 saturated heterocycles. The van der Waals surface area contributed by atoms with Gasteiger partial charge in [0.15, 0.2) is 5.78 Å². The first-order valence-electron chi connectivity index (χ1n) is 10.9. The van der Waals surface area contributed by atoms with E-state index in [9.17, 15) is 9.59 Å². The minimum atomic E-state index is -0.383. The third-order valence-electron chi connectivity index (χ3n) is 6.51. The van der Waals surface area contributed by atoms with Crippen LogP contribution in [0.15, 0.2) is 64.3 Å². The first-order chi connectivity index (χ1) is 15.5. The van der Waals surface area contributed by atoms with E-state index in [0.717, 1.165) is 36.2 Å². The standard InChI is InChI=1S/C25H26N4O2S.ClH/c1-15-17-5-3-4-6-21(17)32-22(15)14-29(2)23(30)8-7-16-11-19-20-13-26-10-9-18(20)25(31)24(19)28-27-12-16;/h3-8,11-12,18,24,26,28H,9-10,13-14H2,1-2H3;1H/b8-7+;/t18?,24-;/m1./s1. The molecule has 3 heterocycles. The normalized spacial score (nSPS) is 21.9. The molecular weight excluding hydrogens is 456 g/mol. The molecule has 2 N–H and O–H groups in total. The quantitative estimate of drug-likeness (QED) is 0.654. The van der Waals surface area contributed by atoms with E-state index < -0.39 is 0 Å². The fourth-order valence-electron chi connectivity index (χ4n) is 4.69. The Morgan fingerprint density at radius 3 is 2.97 bits per heavy atom. The third-order valence-corrected chi connectivity index (χ3v) is 7.77. The molecule has 0 spiro atoms. The number of allylic oxidation sites excluding steroid dienone is 2. The van der Waals surface area contributed by atoms with Crippen LogP contribution in [0.5, 0.6) is 0 Å². The van der Waals surface area contributed by atoms with Gasteiger partial charge in [-0.3, -0.25) is 15.0 Å². The summed E-state index contributed by atoms with van der Waals surface area (Å²) < 4.78 is 1.24. The number of benzene rings is 1. The topological polar surface area (TPSA) is 73.8 Å². The average Bonchev–Trinajstić information content (AvgIpc) is 3.15. The number of hydrogen-bond donors (Lipinski definition) is 2. The summed E-state index contributed by atoms with van der Waals surface area (Å²) in [6, 6.07) is 7.95. The largest absolute Gasteiger partial charge is 0.337 e. The summed E-state index contributed by atoms with van der Waals surface area (Å²) in [5.74, 6) is 0.114. The Kier molecular flexibility index (Phi) is 6.83. The highest BCUT2D eigenvalue weighted by atomic mass is 35.5. The van der Waals surface area contributed by atoms with Crippen molar-refractivity contribution in [3.8, 4) is 0 Å². The highest BCUT2D eigenvalue weighted by Gasteiger charge is 2.41. The van der Waals surface area contributed by atoms with E-state index in [0.29, 0.717) is 6.54 Å². The van der Waals surface area contributed by atoms with E-state index in [4.69, 9.17) is 0 Å². The zero-order valence-corrected chi connectivity index (χ0v) is 20.3. The van der Waals surface area contributed by atoms with Gasteiger partial charge >= 0.3 is 0 Å². The number of Topliss-reactive ketones (excluding diaryl/α,β-unsaturated/α-hetero) is 1. The molecular formula is C25H27ClN4O2S.